The number of carbonyl (C=O) groups is 3. The van der Waals surface area contributed by atoms with Gasteiger partial charge in [-0.25, -0.2) is 14.8 Å². The van der Waals surface area contributed by atoms with Gasteiger partial charge in [0.2, 0.25) is 5.91 Å². The highest BCUT2D eigenvalue weighted by Gasteiger charge is 2.22. The van der Waals surface area contributed by atoms with Gasteiger partial charge in [0.05, 0.1) is 46.8 Å². The predicted octanol–water partition coefficient (Wildman–Crippen LogP) is 3.83. The molecule has 232 valence electrons. The largest absolute Gasteiger partial charge is 0.491 e. The lowest BCUT2D eigenvalue weighted by atomic mass is 10.1. The molecule has 3 aromatic carbocycles. The van der Waals surface area contributed by atoms with Gasteiger partial charge in [-0.15, -0.1) is 0 Å². The van der Waals surface area contributed by atoms with Crippen LogP contribution in [0.3, 0.4) is 0 Å². The van der Waals surface area contributed by atoms with E-state index in [9.17, 15) is 14.4 Å². The molecule has 5 aromatic rings. The summed E-state index contributed by atoms with van der Waals surface area (Å²) in [6, 6.07) is 17.3. The van der Waals surface area contributed by atoms with Gasteiger partial charge in [-0.2, -0.15) is 0 Å². The van der Waals surface area contributed by atoms with E-state index >= 15 is 0 Å². The normalized spacial score (nSPS) is 11.7. The summed E-state index contributed by atoms with van der Waals surface area (Å²) in [6.45, 7) is 5.71. The zero-order valence-electron chi connectivity index (χ0n) is 25.4. The molecule has 0 spiro atoms. The summed E-state index contributed by atoms with van der Waals surface area (Å²) >= 11 is 0. The number of esters is 1. The minimum Gasteiger partial charge on any atom is -0.491 e. The molecule has 45 heavy (non-hydrogen) atoms. The fraction of sp³-hybridized carbons (Fsp3) is 0.250. The molecule has 2 amide bonds. The summed E-state index contributed by atoms with van der Waals surface area (Å²) in [6.07, 6.45) is 0. The number of aromatic amines is 1. The Labute approximate surface area is 258 Å². The topological polar surface area (TPSA) is 181 Å². The summed E-state index contributed by atoms with van der Waals surface area (Å²) in [4.78, 5) is 51.1. The van der Waals surface area contributed by atoms with Gasteiger partial charge >= 0.3 is 5.97 Å². The Morgan fingerprint density at radius 2 is 1.84 bits per heavy atom. The van der Waals surface area contributed by atoms with E-state index in [1.54, 1.807) is 67.6 Å². The highest BCUT2D eigenvalue weighted by Crippen LogP contribution is 2.29. The molecule has 2 aromatic heterocycles. The van der Waals surface area contributed by atoms with Gasteiger partial charge in [0.1, 0.15) is 29.6 Å². The number of carbonyl (C=O) groups excluding carboxylic acids is 3. The van der Waals surface area contributed by atoms with Gasteiger partial charge in [0, 0.05) is 19.5 Å². The van der Waals surface area contributed by atoms with Crippen LogP contribution in [0.2, 0.25) is 0 Å². The molecule has 0 saturated heterocycles. The Morgan fingerprint density at radius 3 is 2.58 bits per heavy atom. The standard InChI is InChI=1S/C32H34N8O5/c1-5-44-31(43)22-8-6-7-9-27(22)45-15-14-35-30(42)20-10-12-24-26(16-20)39(4)29(38-24)18(2)28-36-23-13-11-21(17-25(23)37-28)40(19(3)41)32(33)34/h6-13,16-18H,5,14-15H2,1-4H3,(H3,33,34)(H,35,42)(H,36,37). The molecule has 5 N–H and O–H groups in total. The van der Waals surface area contributed by atoms with Gasteiger partial charge < -0.3 is 30.1 Å². The second-order valence-electron chi connectivity index (χ2n) is 10.3. The van der Waals surface area contributed by atoms with Crippen molar-refractivity contribution in [2.75, 3.05) is 24.7 Å². The van der Waals surface area contributed by atoms with Crippen molar-refractivity contribution in [2.24, 2.45) is 12.8 Å². The Kier molecular flexibility index (Phi) is 8.79. The van der Waals surface area contributed by atoms with E-state index in [0.29, 0.717) is 39.4 Å². The molecule has 1 unspecified atom stereocenters. The van der Waals surface area contributed by atoms with Gasteiger partial charge in [0.25, 0.3) is 5.91 Å². The van der Waals surface area contributed by atoms with Crippen LogP contribution in [0.1, 0.15) is 59.1 Å². The first kappa shape index (κ1) is 30.7. The highest BCUT2D eigenvalue weighted by molar-refractivity contribution is 6.14. The number of anilines is 1. The Hall–Kier alpha value is -5.72. The zero-order chi connectivity index (χ0) is 32.2. The fourth-order valence-corrected chi connectivity index (χ4v) is 5.11. The number of hydrogen-bond donors (Lipinski definition) is 4. The van der Waals surface area contributed by atoms with Gasteiger partial charge in [-0.05, 0) is 62.4 Å². The third-order valence-electron chi connectivity index (χ3n) is 7.30. The van der Waals surface area contributed by atoms with Crippen LogP contribution >= 0.6 is 0 Å². The molecule has 0 aliphatic carbocycles. The Morgan fingerprint density at radius 1 is 1.09 bits per heavy atom. The summed E-state index contributed by atoms with van der Waals surface area (Å²) in [5, 5.41) is 10.6. The van der Waals surface area contributed by atoms with Crippen molar-refractivity contribution in [1.82, 2.24) is 24.8 Å². The number of H-pyrrole nitrogens is 1. The van der Waals surface area contributed by atoms with E-state index < -0.39 is 5.97 Å². The molecule has 2 heterocycles. The number of nitrogens with zero attached hydrogens (tertiary/aromatic N) is 4. The van der Waals surface area contributed by atoms with E-state index in [4.69, 9.17) is 30.6 Å². The Balaban J connectivity index is 1.28. The van der Waals surface area contributed by atoms with Crippen LogP contribution in [0.5, 0.6) is 5.75 Å². The third-order valence-corrected chi connectivity index (χ3v) is 7.30. The number of nitrogens with one attached hydrogen (secondary N) is 3. The van der Waals surface area contributed by atoms with Crippen molar-refractivity contribution >= 4 is 51.5 Å². The molecule has 0 radical (unpaired) electrons. The fourth-order valence-electron chi connectivity index (χ4n) is 5.11. The SMILES string of the molecule is CCOC(=O)c1ccccc1OCCNC(=O)c1ccc2nc(C(C)c3nc4ccc(N(C(=N)N)C(C)=O)cc4[nH]3)n(C)c2c1. The first-order valence-electron chi connectivity index (χ1n) is 14.4. The molecule has 0 bridgehead atoms. The van der Waals surface area contributed by atoms with Crippen LogP contribution < -0.4 is 20.7 Å². The van der Waals surface area contributed by atoms with Crippen molar-refractivity contribution < 1.29 is 23.9 Å². The summed E-state index contributed by atoms with van der Waals surface area (Å²) in [7, 11) is 1.88. The number of aryl methyl sites for hydroxylation is 1. The maximum absolute atomic E-state index is 13.0. The van der Waals surface area contributed by atoms with Crippen molar-refractivity contribution in [1.29, 1.82) is 5.41 Å². The molecular weight excluding hydrogens is 576 g/mol. The van der Waals surface area contributed by atoms with Gasteiger partial charge in [-0.1, -0.05) is 12.1 Å². The summed E-state index contributed by atoms with van der Waals surface area (Å²) < 4.78 is 12.7. The number of imidazole rings is 2. The van der Waals surface area contributed by atoms with Crippen molar-refractivity contribution in [3.05, 3.63) is 83.4 Å². The summed E-state index contributed by atoms with van der Waals surface area (Å²) in [5.74, 6) is 0.0956. The molecule has 0 fully saturated rings. The third kappa shape index (κ3) is 6.32. The minimum atomic E-state index is -0.463. The minimum absolute atomic E-state index is 0.165. The molecule has 0 aliphatic heterocycles. The number of hydrogen-bond acceptors (Lipinski definition) is 8. The van der Waals surface area contributed by atoms with Gasteiger partial charge in [0.15, 0.2) is 5.96 Å². The van der Waals surface area contributed by atoms with E-state index in [-0.39, 0.29) is 43.5 Å². The average molecular weight is 611 g/mol. The number of aromatic nitrogens is 4. The maximum Gasteiger partial charge on any atom is 0.341 e. The number of fused-ring (bicyclic) bond motifs is 2. The number of amides is 2. The molecule has 13 nitrogen and oxygen atoms in total. The monoisotopic (exact) mass is 610 g/mol. The second-order valence-corrected chi connectivity index (χ2v) is 10.3. The lowest BCUT2D eigenvalue weighted by molar-refractivity contribution is -0.115. The number of rotatable bonds is 10. The van der Waals surface area contributed by atoms with Crippen LogP contribution in [0.25, 0.3) is 22.1 Å². The smallest absolute Gasteiger partial charge is 0.341 e. The molecular formula is C32H34N8O5. The van der Waals surface area contributed by atoms with Crippen molar-refractivity contribution in [2.45, 2.75) is 26.7 Å². The number of guanidine groups is 1. The first-order chi connectivity index (χ1) is 21.6. The van der Waals surface area contributed by atoms with E-state index in [1.165, 1.54) is 6.92 Å². The number of nitrogens with two attached hydrogens (primary N) is 1. The maximum atomic E-state index is 13.0. The molecule has 0 saturated carbocycles. The lowest BCUT2D eigenvalue weighted by Gasteiger charge is -2.18. The number of para-hydroxylation sites is 1. The quantitative estimate of drug-likeness (QED) is 0.0796. The number of benzene rings is 3. The Bertz CT molecular complexity index is 1910. The molecule has 0 aliphatic rings. The van der Waals surface area contributed by atoms with E-state index in [1.807, 2.05) is 18.5 Å². The van der Waals surface area contributed by atoms with Gasteiger partial charge in [-0.3, -0.25) is 19.9 Å². The zero-order valence-corrected chi connectivity index (χ0v) is 25.4. The molecule has 1 atom stereocenters. The summed E-state index contributed by atoms with van der Waals surface area (Å²) in [5.41, 5.74) is 9.76. The van der Waals surface area contributed by atoms with Crippen LogP contribution in [0, 0.1) is 5.41 Å². The molecule has 5 rings (SSSR count). The second kappa shape index (κ2) is 12.9. The predicted molar refractivity (Wildman–Crippen MR) is 170 cm³/mol. The average Bonchev–Trinajstić information content (AvgIpc) is 3.59. The highest BCUT2D eigenvalue weighted by atomic mass is 16.5. The number of ether oxygens (including phenoxy) is 2. The molecule has 13 heteroatoms. The van der Waals surface area contributed by atoms with Crippen LogP contribution in [0.15, 0.2) is 60.7 Å². The lowest BCUT2D eigenvalue weighted by Crippen LogP contribution is -2.39. The first-order valence-corrected chi connectivity index (χ1v) is 14.4. The van der Waals surface area contributed by atoms with E-state index in [2.05, 4.69) is 10.3 Å². The van der Waals surface area contributed by atoms with Crippen LogP contribution in [-0.2, 0) is 16.6 Å². The van der Waals surface area contributed by atoms with E-state index in [0.717, 1.165) is 21.8 Å². The van der Waals surface area contributed by atoms with Crippen molar-refractivity contribution in [3.63, 3.8) is 0 Å². The van der Waals surface area contributed by atoms with Crippen molar-refractivity contribution in [3.8, 4) is 5.75 Å². The van der Waals surface area contributed by atoms with Crippen LogP contribution in [0.4, 0.5) is 5.69 Å². The van der Waals surface area contributed by atoms with Crippen LogP contribution in [-0.4, -0.2) is 63.0 Å².